The molecule has 0 saturated heterocycles. The number of anilines is 1. The van der Waals surface area contributed by atoms with Crippen molar-refractivity contribution in [3.8, 4) is 0 Å². The molecule has 2 nitrogen and oxygen atoms in total. The highest BCUT2D eigenvalue weighted by Gasteiger charge is 2.55. The van der Waals surface area contributed by atoms with E-state index in [1.54, 1.807) is 0 Å². The minimum absolute atomic E-state index is 0.0693. The second kappa shape index (κ2) is 4.66. The predicted molar refractivity (Wildman–Crippen MR) is 80.5 cm³/mol. The van der Waals surface area contributed by atoms with Crippen molar-refractivity contribution in [2.75, 3.05) is 11.9 Å². The van der Waals surface area contributed by atoms with Gasteiger partial charge in [0.2, 0.25) is 5.91 Å². The average Bonchev–Trinajstić information content (AvgIpc) is 2.58. The van der Waals surface area contributed by atoms with Crippen molar-refractivity contribution in [3.05, 3.63) is 29.8 Å². The van der Waals surface area contributed by atoms with E-state index in [2.05, 4.69) is 45.9 Å². The molecule has 1 aliphatic rings. The second-order valence-electron chi connectivity index (χ2n) is 6.64. The molecule has 1 amide bonds. The van der Waals surface area contributed by atoms with E-state index >= 15 is 0 Å². The molecule has 0 radical (unpaired) electrons. The van der Waals surface area contributed by atoms with Crippen LogP contribution in [0.3, 0.4) is 0 Å². The molecule has 1 aliphatic heterocycles. The van der Waals surface area contributed by atoms with Gasteiger partial charge in [-0.15, -0.1) is 0 Å². The summed E-state index contributed by atoms with van der Waals surface area (Å²) in [7, 11) is 1.90. The third kappa shape index (κ3) is 1.89. The van der Waals surface area contributed by atoms with E-state index in [0.717, 1.165) is 24.9 Å². The number of carbonyl (C=O) groups is 1. The van der Waals surface area contributed by atoms with Gasteiger partial charge < -0.3 is 4.90 Å². The summed E-state index contributed by atoms with van der Waals surface area (Å²) in [4.78, 5) is 14.8. The first-order valence-corrected chi connectivity index (χ1v) is 7.24. The standard InChI is InChI=1S/C17H25NO/c1-6-7-12-17(16(2,3)4)13-10-8-9-11-14(13)18(5)15(17)19/h8-11H,6-7,12H2,1-5H3. The topological polar surface area (TPSA) is 20.3 Å². The Morgan fingerprint density at radius 2 is 1.84 bits per heavy atom. The molecule has 0 aromatic heterocycles. The second-order valence-corrected chi connectivity index (χ2v) is 6.64. The minimum Gasteiger partial charge on any atom is -0.314 e. The fraction of sp³-hybridized carbons (Fsp3) is 0.588. The van der Waals surface area contributed by atoms with Gasteiger partial charge in [0.15, 0.2) is 0 Å². The molecule has 0 fully saturated rings. The van der Waals surface area contributed by atoms with Crippen molar-refractivity contribution in [1.82, 2.24) is 0 Å². The lowest BCUT2D eigenvalue weighted by molar-refractivity contribution is -0.127. The summed E-state index contributed by atoms with van der Waals surface area (Å²) >= 11 is 0. The van der Waals surface area contributed by atoms with Gasteiger partial charge in [0, 0.05) is 12.7 Å². The highest BCUT2D eigenvalue weighted by Crippen LogP contribution is 2.53. The van der Waals surface area contributed by atoms with Gasteiger partial charge in [-0.1, -0.05) is 58.7 Å². The van der Waals surface area contributed by atoms with E-state index in [4.69, 9.17) is 0 Å². The summed E-state index contributed by atoms with van der Waals surface area (Å²) in [6, 6.07) is 8.27. The van der Waals surface area contributed by atoms with E-state index in [1.807, 2.05) is 18.0 Å². The summed E-state index contributed by atoms with van der Waals surface area (Å²) in [6.07, 6.45) is 3.15. The molecule has 0 saturated carbocycles. The Hall–Kier alpha value is -1.31. The Morgan fingerprint density at radius 1 is 1.21 bits per heavy atom. The third-order valence-corrected chi connectivity index (χ3v) is 4.58. The van der Waals surface area contributed by atoms with Crippen LogP contribution >= 0.6 is 0 Å². The Balaban J connectivity index is 2.63. The SMILES string of the molecule is CCCCC1(C(C)(C)C)C(=O)N(C)c2ccccc21. The molecule has 1 atom stereocenters. The Morgan fingerprint density at radius 3 is 2.42 bits per heavy atom. The van der Waals surface area contributed by atoms with Gasteiger partial charge in [-0.25, -0.2) is 0 Å². The number of nitrogens with zero attached hydrogens (tertiary/aromatic N) is 1. The Bertz CT molecular complexity index is 486. The maximum absolute atomic E-state index is 13.0. The fourth-order valence-electron chi connectivity index (χ4n) is 3.42. The number of unbranched alkanes of at least 4 members (excludes halogenated alkanes) is 1. The van der Waals surface area contributed by atoms with E-state index in [-0.39, 0.29) is 16.7 Å². The Labute approximate surface area is 116 Å². The minimum atomic E-state index is -0.367. The molecule has 1 aromatic rings. The van der Waals surface area contributed by atoms with Gasteiger partial charge in [-0.05, 0) is 23.5 Å². The maximum atomic E-state index is 13.0. The molecule has 0 spiro atoms. The molecule has 0 aliphatic carbocycles. The first kappa shape index (κ1) is 14.1. The van der Waals surface area contributed by atoms with Crippen LogP contribution in [0.25, 0.3) is 0 Å². The summed E-state index contributed by atoms with van der Waals surface area (Å²) in [5.41, 5.74) is 1.86. The first-order chi connectivity index (χ1) is 8.86. The number of hydrogen-bond donors (Lipinski definition) is 0. The molecule has 0 bridgehead atoms. The number of rotatable bonds is 3. The molecule has 1 heterocycles. The zero-order chi connectivity index (χ0) is 14.3. The highest BCUT2D eigenvalue weighted by atomic mass is 16.2. The quantitative estimate of drug-likeness (QED) is 0.799. The van der Waals surface area contributed by atoms with Crippen molar-refractivity contribution < 1.29 is 4.79 Å². The lowest BCUT2D eigenvalue weighted by Gasteiger charge is -2.41. The average molecular weight is 259 g/mol. The van der Waals surface area contributed by atoms with E-state index in [0.29, 0.717) is 0 Å². The van der Waals surface area contributed by atoms with E-state index in [1.165, 1.54) is 5.56 Å². The Kier molecular flexibility index (Phi) is 3.46. The van der Waals surface area contributed by atoms with Gasteiger partial charge in [0.1, 0.15) is 0 Å². The molecule has 0 N–H and O–H groups in total. The number of benzene rings is 1. The fourth-order valence-corrected chi connectivity index (χ4v) is 3.42. The zero-order valence-electron chi connectivity index (χ0n) is 12.8. The van der Waals surface area contributed by atoms with Crippen molar-refractivity contribution in [1.29, 1.82) is 0 Å². The van der Waals surface area contributed by atoms with Crippen molar-refractivity contribution >= 4 is 11.6 Å². The van der Waals surface area contributed by atoms with Crippen LogP contribution in [0.4, 0.5) is 5.69 Å². The molecule has 19 heavy (non-hydrogen) atoms. The lowest BCUT2D eigenvalue weighted by Crippen LogP contribution is -2.48. The van der Waals surface area contributed by atoms with Crippen LogP contribution in [0.5, 0.6) is 0 Å². The maximum Gasteiger partial charge on any atom is 0.237 e. The third-order valence-electron chi connectivity index (χ3n) is 4.58. The molecule has 2 rings (SSSR count). The summed E-state index contributed by atoms with van der Waals surface area (Å²) < 4.78 is 0. The van der Waals surface area contributed by atoms with Crippen molar-refractivity contribution in [3.63, 3.8) is 0 Å². The molecular weight excluding hydrogens is 234 g/mol. The number of carbonyl (C=O) groups excluding carboxylic acids is 1. The lowest BCUT2D eigenvalue weighted by atomic mass is 9.61. The highest BCUT2D eigenvalue weighted by molar-refractivity contribution is 6.08. The van der Waals surface area contributed by atoms with Gasteiger partial charge in [0.05, 0.1) is 5.41 Å². The number of para-hydroxylation sites is 1. The van der Waals surface area contributed by atoms with Crippen LogP contribution in [0.15, 0.2) is 24.3 Å². The summed E-state index contributed by atoms with van der Waals surface area (Å²) in [5.74, 6) is 0.259. The van der Waals surface area contributed by atoms with E-state index < -0.39 is 0 Å². The van der Waals surface area contributed by atoms with Gasteiger partial charge in [-0.3, -0.25) is 4.79 Å². The van der Waals surface area contributed by atoms with Crippen LogP contribution in [0.2, 0.25) is 0 Å². The van der Waals surface area contributed by atoms with Crippen LogP contribution in [-0.4, -0.2) is 13.0 Å². The summed E-state index contributed by atoms with van der Waals surface area (Å²) in [5, 5.41) is 0. The summed E-state index contributed by atoms with van der Waals surface area (Å²) in [6.45, 7) is 8.76. The largest absolute Gasteiger partial charge is 0.314 e. The van der Waals surface area contributed by atoms with Crippen LogP contribution in [0, 0.1) is 5.41 Å². The van der Waals surface area contributed by atoms with Crippen LogP contribution in [-0.2, 0) is 10.2 Å². The first-order valence-electron chi connectivity index (χ1n) is 7.24. The molecule has 104 valence electrons. The number of likely N-dealkylation sites (N-methyl/N-ethyl adjacent to an activating group) is 1. The normalized spacial score (nSPS) is 22.8. The van der Waals surface area contributed by atoms with Gasteiger partial charge in [0.25, 0.3) is 0 Å². The molecule has 2 heteroatoms. The van der Waals surface area contributed by atoms with E-state index in [9.17, 15) is 4.79 Å². The van der Waals surface area contributed by atoms with Crippen LogP contribution < -0.4 is 4.90 Å². The predicted octanol–water partition coefficient (Wildman–Crippen LogP) is 4.14. The monoisotopic (exact) mass is 259 g/mol. The molecular formula is C17H25NO. The van der Waals surface area contributed by atoms with Gasteiger partial charge >= 0.3 is 0 Å². The van der Waals surface area contributed by atoms with Crippen molar-refractivity contribution in [2.45, 2.75) is 52.4 Å². The smallest absolute Gasteiger partial charge is 0.237 e. The van der Waals surface area contributed by atoms with Gasteiger partial charge in [-0.2, -0.15) is 0 Å². The molecule has 1 unspecified atom stereocenters. The molecule has 1 aromatic carbocycles. The van der Waals surface area contributed by atoms with Crippen LogP contribution in [0.1, 0.15) is 52.5 Å². The zero-order valence-corrected chi connectivity index (χ0v) is 12.8. The van der Waals surface area contributed by atoms with Crippen molar-refractivity contribution in [2.24, 2.45) is 5.41 Å². The number of fused-ring (bicyclic) bond motifs is 1. The number of amides is 1. The number of hydrogen-bond acceptors (Lipinski definition) is 1.